The van der Waals surface area contributed by atoms with Crippen molar-refractivity contribution in [2.24, 2.45) is 0 Å². The van der Waals surface area contributed by atoms with E-state index in [-0.39, 0.29) is 29.4 Å². The van der Waals surface area contributed by atoms with Gasteiger partial charge in [-0.15, -0.1) is 5.10 Å². The van der Waals surface area contributed by atoms with E-state index in [9.17, 15) is 26.7 Å². The lowest BCUT2D eigenvalue weighted by molar-refractivity contribution is -0.145. The predicted octanol–water partition coefficient (Wildman–Crippen LogP) is 1.85. The first-order valence-corrected chi connectivity index (χ1v) is 10.8. The summed E-state index contributed by atoms with van der Waals surface area (Å²) in [7, 11) is -3.92. The lowest BCUT2D eigenvalue weighted by Gasteiger charge is -2.23. The quantitative estimate of drug-likeness (QED) is 0.613. The average molecular weight is 456 g/mol. The smallest absolute Gasteiger partial charge is 0.395 e. The first kappa shape index (κ1) is 21.5. The molecular formula is C18H19F3N6O3S. The molecule has 0 bridgehead atoms. The summed E-state index contributed by atoms with van der Waals surface area (Å²) in [4.78, 5) is 7.23. The molecule has 31 heavy (non-hydrogen) atoms. The van der Waals surface area contributed by atoms with Crippen molar-refractivity contribution in [3.05, 3.63) is 35.8 Å². The van der Waals surface area contributed by atoms with Gasteiger partial charge in [0.2, 0.25) is 10.0 Å². The maximum absolute atomic E-state index is 13.2. The third-order valence-electron chi connectivity index (χ3n) is 5.27. The number of halogens is 3. The van der Waals surface area contributed by atoms with E-state index in [0.29, 0.717) is 24.0 Å². The van der Waals surface area contributed by atoms with E-state index in [1.54, 1.807) is 13.0 Å². The highest BCUT2D eigenvalue weighted by atomic mass is 32.2. The molecule has 0 radical (unpaired) electrons. The highest BCUT2D eigenvalue weighted by Gasteiger charge is 2.37. The number of aliphatic hydroxyl groups excluding tert-OH is 1. The Morgan fingerprint density at radius 3 is 2.74 bits per heavy atom. The number of rotatable bonds is 4. The van der Waals surface area contributed by atoms with E-state index in [4.69, 9.17) is 5.73 Å². The molecule has 0 saturated carbocycles. The largest absolute Gasteiger partial charge is 0.453 e. The lowest BCUT2D eigenvalue weighted by atomic mass is 10.1. The van der Waals surface area contributed by atoms with Crippen molar-refractivity contribution >= 4 is 21.5 Å². The molecule has 0 aliphatic carbocycles. The minimum Gasteiger partial charge on any atom is -0.395 e. The number of aliphatic hydroxyl groups is 1. The Bertz CT molecular complexity index is 1260. The molecule has 3 aromatic rings. The van der Waals surface area contributed by atoms with Crippen LogP contribution in [0.25, 0.3) is 16.9 Å². The molecule has 3 N–H and O–H groups in total. The van der Waals surface area contributed by atoms with Crippen LogP contribution in [0.4, 0.5) is 19.0 Å². The van der Waals surface area contributed by atoms with E-state index in [1.165, 1.54) is 22.6 Å². The number of nitrogens with zero attached hydrogens (tertiary/aromatic N) is 5. The number of imidazole rings is 1. The number of anilines is 1. The van der Waals surface area contributed by atoms with Gasteiger partial charge in [-0.2, -0.15) is 17.5 Å². The van der Waals surface area contributed by atoms with Gasteiger partial charge in [-0.1, -0.05) is 6.07 Å². The van der Waals surface area contributed by atoms with Gasteiger partial charge in [-0.05, 0) is 37.5 Å². The van der Waals surface area contributed by atoms with Gasteiger partial charge < -0.3 is 10.8 Å². The zero-order valence-electron chi connectivity index (χ0n) is 16.3. The Hall–Kier alpha value is -2.77. The summed E-state index contributed by atoms with van der Waals surface area (Å²) < 4.78 is 67.9. The molecule has 9 nitrogen and oxygen atoms in total. The molecule has 1 saturated heterocycles. The molecule has 1 aliphatic heterocycles. The molecule has 2 aromatic heterocycles. The van der Waals surface area contributed by atoms with Crippen molar-refractivity contribution in [1.29, 1.82) is 0 Å². The maximum Gasteiger partial charge on any atom is 0.453 e. The van der Waals surface area contributed by atoms with Crippen LogP contribution in [0.2, 0.25) is 0 Å². The van der Waals surface area contributed by atoms with Crippen LogP contribution < -0.4 is 5.73 Å². The van der Waals surface area contributed by atoms with E-state index < -0.39 is 33.9 Å². The summed E-state index contributed by atoms with van der Waals surface area (Å²) in [5.74, 6) is -1.88. The van der Waals surface area contributed by atoms with Crippen molar-refractivity contribution in [1.82, 2.24) is 23.9 Å². The molecule has 1 fully saturated rings. The third-order valence-corrected chi connectivity index (χ3v) is 7.21. The van der Waals surface area contributed by atoms with Gasteiger partial charge in [0.25, 0.3) is 5.82 Å². The zero-order chi connectivity index (χ0) is 22.6. The Labute approximate surface area is 175 Å². The molecule has 166 valence electrons. The van der Waals surface area contributed by atoms with Crippen molar-refractivity contribution in [3.8, 4) is 11.3 Å². The van der Waals surface area contributed by atoms with Crippen molar-refractivity contribution in [2.75, 3.05) is 18.9 Å². The summed E-state index contributed by atoms with van der Waals surface area (Å²) in [6.07, 6.45) is -2.37. The van der Waals surface area contributed by atoms with Gasteiger partial charge in [0.1, 0.15) is 0 Å². The third kappa shape index (κ3) is 3.62. The van der Waals surface area contributed by atoms with Crippen molar-refractivity contribution in [3.63, 3.8) is 0 Å². The van der Waals surface area contributed by atoms with Crippen LogP contribution in [-0.4, -0.2) is 56.6 Å². The Kier molecular flexibility index (Phi) is 5.14. The van der Waals surface area contributed by atoms with Gasteiger partial charge in [0.15, 0.2) is 11.5 Å². The van der Waals surface area contributed by atoms with Crippen LogP contribution in [0.3, 0.4) is 0 Å². The first-order valence-electron chi connectivity index (χ1n) is 9.36. The van der Waals surface area contributed by atoms with Crippen LogP contribution >= 0.6 is 0 Å². The molecular weight excluding hydrogens is 437 g/mol. The number of aryl methyl sites for hydroxylation is 1. The fourth-order valence-corrected chi connectivity index (χ4v) is 5.40. The second-order valence-corrected chi connectivity index (χ2v) is 9.16. The van der Waals surface area contributed by atoms with Gasteiger partial charge in [-0.3, -0.25) is 0 Å². The van der Waals surface area contributed by atoms with Gasteiger partial charge in [0.05, 0.1) is 23.4 Å². The highest BCUT2D eigenvalue weighted by Crippen LogP contribution is 2.33. The number of alkyl halides is 3. The first-order chi connectivity index (χ1) is 14.5. The van der Waals surface area contributed by atoms with Crippen LogP contribution in [-0.2, 0) is 16.2 Å². The maximum atomic E-state index is 13.2. The van der Waals surface area contributed by atoms with Crippen LogP contribution in [0, 0.1) is 6.92 Å². The summed E-state index contributed by atoms with van der Waals surface area (Å²) in [6, 6.07) is 3.84. The van der Waals surface area contributed by atoms with E-state index in [1.807, 2.05) is 0 Å². The Morgan fingerprint density at radius 1 is 1.32 bits per heavy atom. The molecule has 3 heterocycles. The predicted molar refractivity (Wildman–Crippen MR) is 104 cm³/mol. The van der Waals surface area contributed by atoms with Gasteiger partial charge in [-0.25, -0.2) is 22.9 Å². The number of aromatic nitrogens is 4. The minimum atomic E-state index is -4.82. The Morgan fingerprint density at radius 2 is 2.06 bits per heavy atom. The van der Waals surface area contributed by atoms with Gasteiger partial charge >= 0.3 is 6.18 Å². The molecule has 1 aliphatic rings. The number of nitrogen functional groups attached to an aromatic ring is 1. The molecule has 1 atom stereocenters. The second-order valence-electron chi connectivity index (χ2n) is 7.27. The summed E-state index contributed by atoms with van der Waals surface area (Å²) >= 11 is 0. The van der Waals surface area contributed by atoms with Crippen LogP contribution in [0.5, 0.6) is 0 Å². The molecule has 0 unspecified atom stereocenters. The molecule has 1 aromatic carbocycles. The van der Waals surface area contributed by atoms with Crippen LogP contribution in [0.1, 0.15) is 24.2 Å². The average Bonchev–Trinajstić information content (AvgIpc) is 3.35. The number of sulfonamides is 1. The lowest BCUT2D eigenvalue weighted by Crippen LogP contribution is -2.37. The minimum absolute atomic E-state index is 0.0403. The fraction of sp³-hybridized carbons (Fsp3) is 0.389. The zero-order valence-corrected chi connectivity index (χ0v) is 17.2. The van der Waals surface area contributed by atoms with E-state index in [2.05, 4.69) is 15.1 Å². The normalized spacial score (nSPS) is 18.2. The van der Waals surface area contributed by atoms with Crippen molar-refractivity contribution < 1.29 is 26.7 Å². The second kappa shape index (κ2) is 7.43. The molecule has 0 amide bonds. The van der Waals surface area contributed by atoms with Crippen molar-refractivity contribution in [2.45, 2.75) is 36.9 Å². The van der Waals surface area contributed by atoms with E-state index >= 15 is 0 Å². The molecule has 4 rings (SSSR count). The summed E-state index contributed by atoms with van der Waals surface area (Å²) in [6.45, 7) is 1.68. The standard InChI is InChI=1S/C18H19F3N6O3S/c1-10-4-5-12(31(29,30)26-6-2-3-11(26)9-28)7-13(10)14-8-23-16-15(22)24-17(18(19,20)21)25-27(14)16/h4-5,7-8,11,28H,2-3,6,9H2,1H3,(H2,22,24,25)/t11-/m0/s1. The Balaban J connectivity index is 1.87. The highest BCUT2D eigenvalue weighted by molar-refractivity contribution is 7.89. The van der Waals surface area contributed by atoms with E-state index in [0.717, 1.165) is 4.52 Å². The number of fused-ring (bicyclic) bond motifs is 1. The van der Waals surface area contributed by atoms with Crippen LogP contribution in [0.15, 0.2) is 29.3 Å². The number of benzene rings is 1. The molecule has 13 heteroatoms. The number of nitrogens with two attached hydrogens (primary N) is 1. The van der Waals surface area contributed by atoms with Gasteiger partial charge in [0, 0.05) is 18.2 Å². The number of hydrogen-bond acceptors (Lipinski definition) is 7. The topological polar surface area (TPSA) is 127 Å². The summed E-state index contributed by atoms with van der Waals surface area (Å²) in [5, 5.41) is 13.0. The fourth-order valence-electron chi connectivity index (χ4n) is 3.69. The monoisotopic (exact) mass is 456 g/mol. The SMILES string of the molecule is Cc1ccc(S(=O)(=O)N2CCC[C@H]2CO)cc1-c1cnc2c(N)nc(C(F)(F)F)nn12. The number of hydrogen-bond donors (Lipinski definition) is 2. The summed E-state index contributed by atoms with van der Waals surface area (Å²) in [5.41, 5.74) is 6.64. The molecule has 0 spiro atoms.